The van der Waals surface area contributed by atoms with Crippen LogP contribution in [0.3, 0.4) is 0 Å². The van der Waals surface area contributed by atoms with E-state index in [1.54, 1.807) is 23.9 Å². The van der Waals surface area contributed by atoms with Gasteiger partial charge in [-0.2, -0.15) is 5.10 Å². The van der Waals surface area contributed by atoms with Crippen LogP contribution in [0.5, 0.6) is 11.5 Å². The molecule has 1 aromatic heterocycles. The van der Waals surface area contributed by atoms with Gasteiger partial charge in [-0.25, -0.2) is 0 Å². The van der Waals surface area contributed by atoms with Crippen LogP contribution in [0.2, 0.25) is 0 Å². The summed E-state index contributed by atoms with van der Waals surface area (Å²) < 4.78 is 13.4. The van der Waals surface area contributed by atoms with E-state index in [9.17, 15) is 4.79 Å². The molecule has 7 heteroatoms. The van der Waals surface area contributed by atoms with Crippen molar-refractivity contribution in [3.05, 3.63) is 22.2 Å². The Kier molecular flexibility index (Phi) is 3.13. The molecule has 104 valence electrons. The third-order valence-corrected chi connectivity index (χ3v) is 3.77. The Labute approximate surface area is 123 Å². The fourth-order valence-corrected chi connectivity index (χ4v) is 2.61. The molecule has 0 radical (unpaired) electrons. The summed E-state index contributed by atoms with van der Waals surface area (Å²) in [6.45, 7) is 0.844. The predicted molar refractivity (Wildman–Crippen MR) is 77.1 cm³/mol. The van der Waals surface area contributed by atoms with Gasteiger partial charge >= 0.3 is 0 Å². The molecule has 0 aliphatic carbocycles. The number of aldehydes is 1. The van der Waals surface area contributed by atoms with Gasteiger partial charge in [-0.1, -0.05) is 0 Å². The molecule has 2 N–H and O–H groups in total. The van der Waals surface area contributed by atoms with Gasteiger partial charge in [0.1, 0.15) is 19.0 Å². The number of aromatic nitrogens is 2. The number of rotatable bonds is 2. The third kappa shape index (κ3) is 1.94. The zero-order chi connectivity index (χ0) is 14.3. The average molecular weight is 338 g/mol. The van der Waals surface area contributed by atoms with Crippen LogP contribution in [0.15, 0.2) is 16.6 Å². The molecular weight excluding hydrogens is 326 g/mol. The second-order valence-electron chi connectivity index (χ2n) is 4.37. The van der Waals surface area contributed by atoms with Crippen molar-refractivity contribution >= 4 is 28.0 Å². The SMILES string of the molecule is Cn1nc(-c2cc(Br)c(C=O)c3c2OCCO3)cc1N. The number of ether oxygens (including phenoxy) is 2. The maximum absolute atomic E-state index is 11.2. The van der Waals surface area contributed by atoms with Crippen LogP contribution in [-0.4, -0.2) is 29.3 Å². The van der Waals surface area contributed by atoms with E-state index < -0.39 is 0 Å². The summed E-state index contributed by atoms with van der Waals surface area (Å²) in [6, 6.07) is 3.54. The predicted octanol–water partition coefficient (Wildman–Crippen LogP) is 2.02. The smallest absolute Gasteiger partial charge is 0.173 e. The molecule has 1 aliphatic heterocycles. The van der Waals surface area contributed by atoms with Crippen LogP contribution in [0.1, 0.15) is 10.4 Å². The second kappa shape index (κ2) is 4.82. The molecule has 0 amide bonds. The fourth-order valence-electron chi connectivity index (χ4n) is 2.11. The van der Waals surface area contributed by atoms with Gasteiger partial charge in [0, 0.05) is 23.2 Å². The Balaban J connectivity index is 2.25. The van der Waals surface area contributed by atoms with Gasteiger partial charge in [0.2, 0.25) is 0 Å². The first-order valence-electron chi connectivity index (χ1n) is 5.99. The molecule has 0 bridgehead atoms. The number of halogens is 1. The Morgan fingerprint density at radius 2 is 2.05 bits per heavy atom. The number of anilines is 1. The van der Waals surface area contributed by atoms with Crippen molar-refractivity contribution in [1.82, 2.24) is 9.78 Å². The lowest BCUT2D eigenvalue weighted by molar-refractivity contribution is 0.111. The van der Waals surface area contributed by atoms with E-state index in [1.807, 2.05) is 0 Å². The first-order chi connectivity index (χ1) is 9.61. The summed E-state index contributed by atoms with van der Waals surface area (Å²) >= 11 is 3.38. The number of benzene rings is 1. The molecule has 0 unspecified atom stereocenters. The summed E-state index contributed by atoms with van der Waals surface area (Å²) in [6.07, 6.45) is 0.744. The largest absolute Gasteiger partial charge is 0.485 e. The highest BCUT2D eigenvalue weighted by Gasteiger charge is 2.24. The molecule has 2 heterocycles. The van der Waals surface area contributed by atoms with E-state index in [0.717, 1.165) is 11.8 Å². The van der Waals surface area contributed by atoms with Crippen LogP contribution < -0.4 is 15.2 Å². The van der Waals surface area contributed by atoms with Crippen molar-refractivity contribution in [3.8, 4) is 22.8 Å². The fraction of sp³-hybridized carbons (Fsp3) is 0.231. The first kappa shape index (κ1) is 13.0. The maximum Gasteiger partial charge on any atom is 0.173 e. The van der Waals surface area contributed by atoms with Gasteiger partial charge < -0.3 is 15.2 Å². The van der Waals surface area contributed by atoms with E-state index in [4.69, 9.17) is 15.2 Å². The molecular formula is C13H12BrN3O3. The summed E-state index contributed by atoms with van der Waals surface area (Å²) in [4.78, 5) is 11.2. The summed E-state index contributed by atoms with van der Waals surface area (Å²) in [5.41, 5.74) is 7.66. The van der Waals surface area contributed by atoms with Crippen molar-refractivity contribution < 1.29 is 14.3 Å². The van der Waals surface area contributed by atoms with Gasteiger partial charge in [0.15, 0.2) is 17.8 Å². The average Bonchev–Trinajstić information content (AvgIpc) is 2.78. The Morgan fingerprint density at radius 1 is 1.35 bits per heavy atom. The molecule has 0 fully saturated rings. The highest BCUT2D eigenvalue weighted by Crippen LogP contribution is 2.45. The molecule has 1 aromatic carbocycles. The van der Waals surface area contributed by atoms with Crippen LogP contribution in [0.25, 0.3) is 11.3 Å². The molecule has 1 aliphatic rings. The highest BCUT2D eigenvalue weighted by atomic mass is 79.9. The van der Waals surface area contributed by atoms with Gasteiger partial charge in [0.05, 0.1) is 11.3 Å². The molecule has 6 nitrogen and oxygen atoms in total. The Morgan fingerprint density at radius 3 is 2.65 bits per heavy atom. The second-order valence-corrected chi connectivity index (χ2v) is 5.23. The molecule has 0 saturated carbocycles. The first-order valence-corrected chi connectivity index (χ1v) is 6.78. The quantitative estimate of drug-likeness (QED) is 0.848. The molecule has 3 rings (SSSR count). The maximum atomic E-state index is 11.2. The van der Waals surface area contributed by atoms with E-state index in [-0.39, 0.29) is 0 Å². The van der Waals surface area contributed by atoms with Crippen molar-refractivity contribution in [3.63, 3.8) is 0 Å². The number of nitrogen functional groups attached to an aromatic ring is 1. The van der Waals surface area contributed by atoms with Crippen LogP contribution in [0, 0.1) is 0 Å². The lowest BCUT2D eigenvalue weighted by Crippen LogP contribution is -2.17. The van der Waals surface area contributed by atoms with Gasteiger partial charge in [-0.05, 0) is 22.0 Å². The normalized spacial score (nSPS) is 13.3. The zero-order valence-electron chi connectivity index (χ0n) is 10.7. The van der Waals surface area contributed by atoms with Crippen LogP contribution >= 0.6 is 15.9 Å². The van der Waals surface area contributed by atoms with E-state index in [2.05, 4.69) is 21.0 Å². The van der Waals surface area contributed by atoms with Gasteiger partial charge in [-0.15, -0.1) is 0 Å². The zero-order valence-corrected chi connectivity index (χ0v) is 12.3. The third-order valence-electron chi connectivity index (χ3n) is 3.11. The molecule has 20 heavy (non-hydrogen) atoms. The minimum Gasteiger partial charge on any atom is -0.485 e. The highest BCUT2D eigenvalue weighted by molar-refractivity contribution is 9.10. The number of hydrogen-bond donors (Lipinski definition) is 1. The van der Waals surface area contributed by atoms with Gasteiger partial charge in [0.25, 0.3) is 0 Å². The Bertz CT molecular complexity index is 677. The van der Waals surface area contributed by atoms with Gasteiger partial charge in [-0.3, -0.25) is 9.48 Å². The monoisotopic (exact) mass is 337 g/mol. The van der Waals surface area contributed by atoms with Crippen molar-refractivity contribution in [2.75, 3.05) is 18.9 Å². The lowest BCUT2D eigenvalue weighted by atomic mass is 10.1. The van der Waals surface area contributed by atoms with Crippen molar-refractivity contribution in [2.24, 2.45) is 7.05 Å². The van der Waals surface area contributed by atoms with E-state index >= 15 is 0 Å². The summed E-state index contributed by atoms with van der Waals surface area (Å²) in [5, 5.41) is 4.33. The molecule has 2 aromatic rings. The number of carbonyl (C=O) groups excluding carboxylic acids is 1. The molecule has 0 saturated heterocycles. The van der Waals surface area contributed by atoms with E-state index in [0.29, 0.717) is 46.3 Å². The Hall–Kier alpha value is -2.02. The minimum absolute atomic E-state index is 0.411. The number of hydrogen-bond acceptors (Lipinski definition) is 5. The number of aryl methyl sites for hydroxylation is 1. The van der Waals surface area contributed by atoms with Crippen LogP contribution in [-0.2, 0) is 7.05 Å². The number of carbonyl (C=O) groups is 1. The molecule has 0 spiro atoms. The molecule has 0 atom stereocenters. The number of nitrogens with two attached hydrogens (primary N) is 1. The number of nitrogens with zero attached hydrogens (tertiary/aromatic N) is 2. The summed E-state index contributed by atoms with van der Waals surface area (Å²) in [5.74, 6) is 1.51. The van der Waals surface area contributed by atoms with Crippen molar-refractivity contribution in [1.29, 1.82) is 0 Å². The van der Waals surface area contributed by atoms with Crippen molar-refractivity contribution in [2.45, 2.75) is 0 Å². The number of fused-ring (bicyclic) bond motifs is 1. The topological polar surface area (TPSA) is 79.4 Å². The summed E-state index contributed by atoms with van der Waals surface area (Å²) in [7, 11) is 1.76. The minimum atomic E-state index is 0.411. The standard InChI is InChI=1S/C13H12BrN3O3/c1-17-11(15)5-10(16-17)7-4-9(14)8(6-18)13-12(7)19-2-3-20-13/h4-6H,2-3,15H2,1H3. The lowest BCUT2D eigenvalue weighted by Gasteiger charge is -2.22. The van der Waals surface area contributed by atoms with Crippen LogP contribution in [0.4, 0.5) is 5.82 Å². The van der Waals surface area contributed by atoms with E-state index in [1.165, 1.54) is 0 Å².